The molecule has 2 saturated carbocycles. The Balaban J connectivity index is 1.44. The number of morpholine rings is 1. The number of primary amides is 1. The van der Waals surface area contributed by atoms with Crippen LogP contribution in [-0.2, 0) is 19.1 Å². The quantitative estimate of drug-likeness (QED) is 0.554. The van der Waals surface area contributed by atoms with E-state index in [-0.39, 0.29) is 36.5 Å². The van der Waals surface area contributed by atoms with Crippen LogP contribution in [0.4, 0.5) is 15.8 Å². The summed E-state index contributed by atoms with van der Waals surface area (Å²) in [5, 5.41) is 5.69. The number of rotatable bonds is 8. The molecule has 0 radical (unpaired) electrons. The number of hydrogen-bond acceptors (Lipinski definition) is 5. The zero-order valence-corrected chi connectivity index (χ0v) is 16.0. The van der Waals surface area contributed by atoms with Crippen molar-refractivity contribution in [2.45, 2.75) is 37.8 Å². The number of nitrogens with zero attached hydrogens (tertiary/aromatic N) is 1. The first-order chi connectivity index (χ1) is 13.9. The Morgan fingerprint density at radius 1 is 1.21 bits per heavy atom. The summed E-state index contributed by atoms with van der Waals surface area (Å²) < 4.78 is 19.6. The first-order valence-electron chi connectivity index (χ1n) is 9.98. The van der Waals surface area contributed by atoms with Crippen LogP contribution in [0.3, 0.4) is 0 Å². The predicted octanol–water partition coefficient (Wildman–Crippen LogP) is 0.759. The van der Waals surface area contributed by atoms with Gasteiger partial charge in [-0.25, -0.2) is 4.39 Å². The van der Waals surface area contributed by atoms with E-state index in [0.717, 1.165) is 31.7 Å². The molecule has 9 heteroatoms. The van der Waals surface area contributed by atoms with Gasteiger partial charge in [-0.1, -0.05) is 0 Å². The van der Waals surface area contributed by atoms with Crippen molar-refractivity contribution in [3.8, 4) is 0 Å². The van der Waals surface area contributed by atoms with Gasteiger partial charge in [0.05, 0.1) is 12.3 Å². The lowest BCUT2D eigenvalue weighted by molar-refractivity contribution is -0.128. The van der Waals surface area contributed by atoms with Crippen LogP contribution < -0.4 is 21.3 Å². The van der Waals surface area contributed by atoms with Crippen molar-refractivity contribution in [3.05, 3.63) is 24.0 Å². The average molecular weight is 404 g/mol. The van der Waals surface area contributed by atoms with Gasteiger partial charge in [-0.3, -0.25) is 19.7 Å². The van der Waals surface area contributed by atoms with E-state index in [1.807, 2.05) is 0 Å². The fraction of sp³-hybridized carbons (Fsp3) is 0.550. The maximum absolute atomic E-state index is 14.6. The number of amides is 3. The van der Waals surface area contributed by atoms with Crippen LogP contribution in [0.25, 0.3) is 0 Å². The highest BCUT2D eigenvalue weighted by Crippen LogP contribution is 2.44. The highest BCUT2D eigenvalue weighted by Gasteiger charge is 2.44. The maximum Gasteiger partial charge on any atom is 0.253 e. The monoisotopic (exact) mass is 404 g/mol. The van der Waals surface area contributed by atoms with E-state index in [2.05, 4.69) is 10.6 Å². The molecule has 1 atom stereocenters. The third-order valence-corrected chi connectivity index (χ3v) is 5.66. The minimum absolute atomic E-state index is 0.0902. The topological polar surface area (TPSA) is 114 Å². The summed E-state index contributed by atoms with van der Waals surface area (Å²) in [5.41, 5.74) is 5.78. The molecule has 1 aromatic rings. The molecule has 0 aromatic heterocycles. The smallest absolute Gasteiger partial charge is 0.253 e. The van der Waals surface area contributed by atoms with E-state index < -0.39 is 23.7 Å². The van der Waals surface area contributed by atoms with Crippen LogP contribution in [0.2, 0.25) is 0 Å². The summed E-state index contributed by atoms with van der Waals surface area (Å²) >= 11 is 0. The lowest BCUT2D eigenvalue weighted by Gasteiger charge is -2.27. The fourth-order valence-corrected chi connectivity index (χ4v) is 3.84. The fourth-order valence-electron chi connectivity index (χ4n) is 3.84. The Labute approximate surface area is 167 Å². The maximum atomic E-state index is 14.6. The highest BCUT2D eigenvalue weighted by molar-refractivity contribution is 6.09. The normalized spacial score (nSPS) is 20.6. The molecular weight excluding hydrogens is 379 g/mol. The molecule has 0 bridgehead atoms. The molecule has 29 heavy (non-hydrogen) atoms. The van der Waals surface area contributed by atoms with Gasteiger partial charge in [0.2, 0.25) is 5.91 Å². The Kier molecular flexibility index (Phi) is 5.51. The van der Waals surface area contributed by atoms with Crippen molar-refractivity contribution in [1.29, 1.82) is 0 Å². The molecule has 3 aliphatic rings. The van der Waals surface area contributed by atoms with E-state index in [1.54, 1.807) is 0 Å². The second-order valence-corrected chi connectivity index (χ2v) is 7.96. The van der Waals surface area contributed by atoms with Gasteiger partial charge < -0.3 is 20.7 Å². The lowest BCUT2D eigenvalue weighted by Crippen LogP contribution is -2.54. The Morgan fingerprint density at radius 3 is 2.45 bits per heavy atom. The largest absolute Gasteiger partial charge is 0.370 e. The highest BCUT2D eigenvalue weighted by atomic mass is 19.1. The van der Waals surface area contributed by atoms with Crippen molar-refractivity contribution in [3.63, 3.8) is 0 Å². The van der Waals surface area contributed by atoms with Crippen molar-refractivity contribution >= 4 is 29.1 Å². The van der Waals surface area contributed by atoms with Crippen LogP contribution in [0.1, 0.15) is 25.7 Å². The van der Waals surface area contributed by atoms with Crippen molar-refractivity contribution in [2.24, 2.45) is 17.6 Å². The number of nitrogens with two attached hydrogens (primary N) is 1. The number of carbonyl (C=O) groups is 3. The van der Waals surface area contributed by atoms with E-state index in [4.69, 9.17) is 10.5 Å². The van der Waals surface area contributed by atoms with E-state index in [9.17, 15) is 18.8 Å². The SMILES string of the molecule is NC(=O)[C@H](NC(C1CC1)C1CC1)C(=O)Nc1ccc(N2CCOCC2=O)c(F)c1. The molecule has 156 valence electrons. The molecule has 1 saturated heterocycles. The molecule has 3 amide bonds. The van der Waals surface area contributed by atoms with E-state index >= 15 is 0 Å². The number of anilines is 2. The predicted molar refractivity (Wildman–Crippen MR) is 104 cm³/mol. The van der Waals surface area contributed by atoms with Crippen LogP contribution in [0, 0.1) is 17.7 Å². The molecule has 2 aliphatic carbocycles. The second kappa shape index (κ2) is 8.08. The van der Waals surface area contributed by atoms with Gasteiger partial charge >= 0.3 is 0 Å². The third kappa shape index (κ3) is 4.56. The number of carbonyl (C=O) groups excluding carboxylic acids is 3. The standard InChI is InChI=1S/C20H25FN4O4/c21-14-9-13(5-6-15(14)25-7-8-29-10-16(25)26)23-20(28)18(19(22)27)24-17(11-1-2-11)12-3-4-12/h5-6,9,11-12,17-18,24H,1-4,7-8,10H2,(H2,22,27)(H,23,28)/t18-/m0/s1. The molecule has 3 fully saturated rings. The Morgan fingerprint density at radius 2 is 1.90 bits per heavy atom. The summed E-state index contributed by atoms with van der Waals surface area (Å²) in [6.45, 7) is 0.505. The summed E-state index contributed by atoms with van der Waals surface area (Å²) in [6, 6.07) is 3.00. The van der Waals surface area contributed by atoms with Crippen LogP contribution in [-0.4, -0.2) is 49.6 Å². The van der Waals surface area contributed by atoms with Gasteiger partial charge in [0, 0.05) is 18.3 Å². The van der Waals surface area contributed by atoms with E-state index in [0.29, 0.717) is 18.4 Å². The second-order valence-electron chi connectivity index (χ2n) is 7.96. The first-order valence-corrected chi connectivity index (χ1v) is 9.98. The molecule has 4 rings (SSSR count). The van der Waals surface area contributed by atoms with Crippen molar-refractivity contribution < 1.29 is 23.5 Å². The molecule has 8 nitrogen and oxygen atoms in total. The zero-order chi connectivity index (χ0) is 20.5. The molecular formula is C20H25FN4O4. The number of ether oxygens (including phenoxy) is 1. The van der Waals surface area contributed by atoms with Gasteiger partial charge in [0.15, 0.2) is 6.04 Å². The number of nitrogens with one attached hydrogen (secondary N) is 2. The number of hydrogen-bond donors (Lipinski definition) is 3. The van der Waals surface area contributed by atoms with Gasteiger partial charge in [0.1, 0.15) is 12.4 Å². The molecule has 0 spiro atoms. The Bertz CT molecular complexity index is 813. The molecule has 0 unspecified atom stereocenters. The van der Waals surface area contributed by atoms with Gasteiger partial charge in [0.25, 0.3) is 11.8 Å². The minimum Gasteiger partial charge on any atom is -0.370 e. The summed E-state index contributed by atoms with van der Waals surface area (Å²) in [4.78, 5) is 37.7. The van der Waals surface area contributed by atoms with Crippen molar-refractivity contribution in [2.75, 3.05) is 30.0 Å². The van der Waals surface area contributed by atoms with Crippen molar-refractivity contribution in [1.82, 2.24) is 5.32 Å². The molecule has 4 N–H and O–H groups in total. The van der Waals surface area contributed by atoms with E-state index in [1.165, 1.54) is 17.0 Å². The number of benzene rings is 1. The van der Waals surface area contributed by atoms with Crippen LogP contribution >= 0.6 is 0 Å². The Hall–Kier alpha value is -2.52. The third-order valence-electron chi connectivity index (χ3n) is 5.66. The van der Waals surface area contributed by atoms with Crippen LogP contribution in [0.15, 0.2) is 18.2 Å². The summed E-state index contributed by atoms with van der Waals surface area (Å²) in [5.74, 6) is -1.37. The van der Waals surface area contributed by atoms with Crippen LogP contribution in [0.5, 0.6) is 0 Å². The molecule has 1 aromatic carbocycles. The average Bonchev–Trinajstić information content (AvgIpc) is 3.57. The lowest BCUT2D eigenvalue weighted by atomic mass is 10.1. The van der Waals surface area contributed by atoms with Gasteiger partial charge in [-0.2, -0.15) is 0 Å². The first kappa shape index (κ1) is 19.8. The van der Waals surface area contributed by atoms with Gasteiger partial charge in [-0.05, 0) is 55.7 Å². The molecule has 1 heterocycles. The zero-order valence-electron chi connectivity index (χ0n) is 16.0. The number of halogens is 1. The molecule has 1 aliphatic heterocycles. The summed E-state index contributed by atoms with van der Waals surface area (Å²) in [7, 11) is 0. The van der Waals surface area contributed by atoms with Gasteiger partial charge in [-0.15, -0.1) is 0 Å². The minimum atomic E-state index is -1.18. The summed E-state index contributed by atoms with van der Waals surface area (Å²) in [6.07, 6.45) is 4.37.